The first kappa shape index (κ1) is 54.2. The molecule has 22 heteroatoms. The molecule has 412 valence electrons. The van der Waals surface area contributed by atoms with E-state index in [9.17, 15) is 61.3 Å². The number of rotatable bonds is 11. The Labute approximate surface area is 419 Å². The quantitative estimate of drug-likeness (QED) is 0.0964. The first-order valence-electron chi connectivity index (χ1n) is 26.4. The van der Waals surface area contributed by atoms with Crippen LogP contribution in [-0.4, -0.2) is 229 Å². The van der Waals surface area contributed by atoms with Crippen LogP contribution in [-0.2, 0) is 47.4 Å². The van der Waals surface area contributed by atoms with Crippen LogP contribution in [0.5, 0.6) is 0 Å². The van der Waals surface area contributed by atoms with E-state index in [1.54, 1.807) is 0 Å². The van der Waals surface area contributed by atoms with Gasteiger partial charge in [-0.05, 0) is 91.8 Å². The molecule has 10 rings (SSSR count). The number of allylic oxidation sites excluding steroid dienone is 1. The number of hydrogen-bond acceptors (Lipinski definition) is 22. The fourth-order valence-electron chi connectivity index (χ4n) is 15.3. The maximum atomic E-state index is 11.8. The van der Waals surface area contributed by atoms with Gasteiger partial charge in [0.1, 0.15) is 91.6 Å². The van der Waals surface area contributed by atoms with E-state index in [4.69, 9.17) is 47.4 Å². The van der Waals surface area contributed by atoms with Crippen molar-refractivity contribution in [1.82, 2.24) is 0 Å². The van der Waals surface area contributed by atoms with Crippen molar-refractivity contribution in [2.75, 3.05) is 33.0 Å². The molecule has 6 saturated heterocycles. The van der Waals surface area contributed by atoms with E-state index in [2.05, 4.69) is 33.8 Å². The van der Waals surface area contributed by atoms with E-state index in [1.807, 2.05) is 0 Å². The van der Waals surface area contributed by atoms with Crippen LogP contribution in [0.2, 0.25) is 0 Å². The lowest BCUT2D eigenvalue weighted by atomic mass is 9.47. The predicted octanol–water partition coefficient (Wildman–Crippen LogP) is -2.35. The second-order valence-electron chi connectivity index (χ2n) is 23.4. The van der Waals surface area contributed by atoms with Crippen molar-refractivity contribution in [3.05, 3.63) is 11.6 Å². The van der Waals surface area contributed by atoms with Crippen LogP contribution in [0.3, 0.4) is 0 Å². The van der Waals surface area contributed by atoms with Gasteiger partial charge >= 0.3 is 0 Å². The summed E-state index contributed by atoms with van der Waals surface area (Å²) in [4.78, 5) is 0. The fourth-order valence-corrected chi connectivity index (χ4v) is 15.3. The molecule has 3 saturated carbocycles. The summed E-state index contributed by atoms with van der Waals surface area (Å²) >= 11 is 0. The maximum absolute atomic E-state index is 11.8. The van der Waals surface area contributed by atoms with Gasteiger partial charge in [-0.1, -0.05) is 39.3 Å². The summed E-state index contributed by atoms with van der Waals surface area (Å²) < 4.78 is 61.2. The molecule has 6 heterocycles. The molecule has 9 fully saturated rings. The first-order valence-corrected chi connectivity index (χ1v) is 26.4. The van der Waals surface area contributed by atoms with E-state index < -0.39 is 155 Å². The highest BCUT2D eigenvalue weighted by Crippen LogP contribution is 2.70. The zero-order valence-electron chi connectivity index (χ0n) is 41.5. The van der Waals surface area contributed by atoms with Gasteiger partial charge in [-0.15, -0.1) is 0 Å². The molecular formula is C50H80O22. The number of aliphatic hydroxyl groups excluding tert-OH is 12. The maximum Gasteiger partial charge on any atom is 0.187 e. The minimum Gasteiger partial charge on any atom is -0.394 e. The molecule has 0 aromatic rings. The van der Waals surface area contributed by atoms with Gasteiger partial charge in [0, 0.05) is 12.3 Å². The van der Waals surface area contributed by atoms with Crippen molar-refractivity contribution in [1.29, 1.82) is 0 Å². The number of hydrogen-bond donors (Lipinski definition) is 12. The Morgan fingerprint density at radius 2 is 1.28 bits per heavy atom. The van der Waals surface area contributed by atoms with Gasteiger partial charge in [0.2, 0.25) is 0 Å². The van der Waals surface area contributed by atoms with E-state index in [-0.39, 0.29) is 16.9 Å². The van der Waals surface area contributed by atoms with Gasteiger partial charge in [-0.25, -0.2) is 0 Å². The highest BCUT2D eigenvalue weighted by atomic mass is 16.8. The SMILES string of the molecule is CC1CCC2(OC1)OC1CC3C4CC=C5CC(OC6OC(CO)C(OC7OC(CO)C(O)C(OC8COC(O)C(O)C8O)C7OC7OC(CO)C(O)C(O)C7O)C(O)C6O)CCC5(C)C4CCC3(C)C1C2C. The summed E-state index contributed by atoms with van der Waals surface area (Å²) in [5.74, 6) is 2.47. The molecular weight excluding hydrogens is 953 g/mol. The average molecular weight is 1030 g/mol. The van der Waals surface area contributed by atoms with E-state index in [0.29, 0.717) is 48.3 Å². The summed E-state index contributed by atoms with van der Waals surface area (Å²) in [5, 5.41) is 129. The third-order valence-electron chi connectivity index (χ3n) is 19.5. The molecule has 0 aromatic heterocycles. The Balaban J connectivity index is 0.826. The normalized spacial score (nSPS) is 56.7. The Morgan fingerprint density at radius 3 is 1.99 bits per heavy atom. The summed E-state index contributed by atoms with van der Waals surface area (Å²) in [6.07, 6.45) is -22.1. The number of fused-ring (bicyclic) bond motifs is 7. The Morgan fingerprint density at radius 1 is 0.611 bits per heavy atom. The summed E-state index contributed by atoms with van der Waals surface area (Å²) in [6, 6.07) is 0. The summed E-state index contributed by atoms with van der Waals surface area (Å²) in [7, 11) is 0. The molecule has 0 radical (unpaired) electrons. The highest BCUT2D eigenvalue weighted by molar-refractivity contribution is 5.26. The molecule has 30 atom stereocenters. The second kappa shape index (κ2) is 20.9. The lowest BCUT2D eigenvalue weighted by molar-refractivity contribution is -0.397. The van der Waals surface area contributed by atoms with Gasteiger partial charge in [0.15, 0.2) is 30.9 Å². The van der Waals surface area contributed by atoms with Crippen LogP contribution in [0.25, 0.3) is 0 Å². The van der Waals surface area contributed by atoms with Crippen molar-refractivity contribution in [2.24, 2.45) is 46.3 Å². The van der Waals surface area contributed by atoms with Crippen molar-refractivity contribution >= 4 is 0 Å². The Hall–Kier alpha value is -1.14. The molecule has 1 spiro atoms. The topological polar surface area (TPSA) is 335 Å². The highest BCUT2D eigenvalue weighted by Gasteiger charge is 2.69. The van der Waals surface area contributed by atoms with Crippen molar-refractivity contribution in [3.8, 4) is 0 Å². The summed E-state index contributed by atoms with van der Waals surface area (Å²) in [6.45, 7) is 7.29. The lowest BCUT2D eigenvalue weighted by Gasteiger charge is -2.58. The van der Waals surface area contributed by atoms with E-state index >= 15 is 0 Å². The minimum atomic E-state index is -1.99. The Bertz CT molecular complexity index is 1890. The summed E-state index contributed by atoms with van der Waals surface area (Å²) in [5.41, 5.74) is 1.44. The average Bonchev–Trinajstić information content (AvgIpc) is 3.82. The molecule has 10 aliphatic rings. The van der Waals surface area contributed by atoms with Crippen LogP contribution < -0.4 is 0 Å². The number of ether oxygens (including phenoxy) is 10. The molecule has 0 amide bonds. The van der Waals surface area contributed by atoms with Crippen molar-refractivity contribution < 1.29 is 109 Å². The Kier molecular flexibility index (Phi) is 15.7. The largest absolute Gasteiger partial charge is 0.394 e. The predicted molar refractivity (Wildman–Crippen MR) is 242 cm³/mol. The van der Waals surface area contributed by atoms with Crippen molar-refractivity contribution in [2.45, 2.75) is 220 Å². The second-order valence-corrected chi connectivity index (χ2v) is 23.4. The van der Waals surface area contributed by atoms with E-state index in [0.717, 1.165) is 51.6 Å². The van der Waals surface area contributed by atoms with Crippen LogP contribution in [0, 0.1) is 46.3 Å². The van der Waals surface area contributed by atoms with Gasteiger partial charge < -0.3 is 109 Å². The third kappa shape index (κ3) is 9.18. The zero-order chi connectivity index (χ0) is 51.3. The molecule has 0 bridgehead atoms. The monoisotopic (exact) mass is 1030 g/mol. The third-order valence-corrected chi connectivity index (χ3v) is 19.5. The van der Waals surface area contributed by atoms with Gasteiger partial charge in [-0.3, -0.25) is 0 Å². The van der Waals surface area contributed by atoms with Crippen LogP contribution in [0.15, 0.2) is 11.6 Å². The zero-order valence-corrected chi connectivity index (χ0v) is 41.5. The standard InChI is InChI=1S/C50H80O22/c1-20-7-12-50(64-18-20)21(2)32-27(72-50)14-26-24-6-5-22-13-23(8-10-48(22,3)25(24)9-11-49(26,32)4)65-45-40(61)37(58)41(30(17-53)69-45)70-47-43(71-46-39(60)36(57)33(54)28(15-51)67-46)42(35(56)29(16-52)68-47)66-31-19-63-44(62)38(59)34(31)55/h5,20-21,23-47,51-62H,6-19H2,1-4H3. The molecule has 30 unspecified atom stereocenters. The van der Waals surface area contributed by atoms with Gasteiger partial charge in [0.25, 0.3) is 0 Å². The van der Waals surface area contributed by atoms with Gasteiger partial charge in [0.05, 0.1) is 45.2 Å². The number of aliphatic hydroxyl groups is 12. The van der Waals surface area contributed by atoms with E-state index in [1.165, 1.54) is 5.57 Å². The molecule has 4 aliphatic carbocycles. The van der Waals surface area contributed by atoms with Crippen LogP contribution in [0.4, 0.5) is 0 Å². The van der Waals surface area contributed by atoms with Crippen molar-refractivity contribution in [3.63, 3.8) is 0 Å². The smallest absolute Gasteiger partial charge is 0.187 e. The molecule has 12 N–H and O–H groups in total. The molecule has 22 nitrogen and oxygen atoms in total. The van der Waals surface area contributed by atoms with Crippen LogP contribution in [0.1, 0.15) is 85.5 Å². The lowest BCUT2D eigenvalue weighted by Crippen LogP contribution is -2.68. The minimum absolute atomic E-state index is 0.0464. The molecule has 0 aromatic carbocycles. The first-order chi connectivity index (χ1) is 34.3. The molecule has 6 aliphatic heterocycles. The molecule has 72 heavy (non-hydrogen) atoms. The van der Waals surface area contributed by atoms with Crippen LogP contribution >= 0.6 is 0 Å². The fraction of sp³-hybridized carbons (Fsp3) is 0.960. The van der Waals surface area contributed by atoms with Gasteiger partial charge in [-0.2, -0.15) is 0 Å².